The van der Waals surface area contributed by atoms with Crippen LogP contribution in [0.15, 0.2) is 102 Å². The van der Waals surface area contributed by atoms with E-state index in [-0.39, 0.29) is 16.1 Å². The number of aromatic nitrogens is 2. The number of imidazole rings is 1. The van der Waals surface area contributed by atoms with E-state index in [0.29, 0.717) is 30.8 Å². The van der Waals surface area contributed by atoms with Crippen molar-refractivity contribution in [3.8, 4) is 0 Å². The Morgan fingerprint density at radius 1 is 0.851 bits per heavy atom. The summed E-state index contributed by atoms with van der Waals surface area (Å²) in [6.45, 7) is 11.0. The van der Waals surface area contributed by atoms with Gasteiger partial charge in [-0.2, -0.15) is 0 Å². The van der Waals surface area contributed by atoms with Gasteiger partial charge in [0, 0.05) is 37.5 Å². The van der Waals surface area contributed by atoms with Gasteiger partial charge in [0.2, 0.25) is 0 Å². The number of aryl methyl sites for hydroxylation is 3. The Kier molecular flexibility index (Phi) is 10.2. The van der Waals surface area contributed by atoms with Crippen LogP contribution in [-0.2, 0) is 35.3 Å². The molecule has 0 saturated carbocycles. The van der Waals surface area contributed by atoms with Gasteiger partial charge in [-0.3, -0.25) is 9.71 Å². The first-order chi connectivity index (χ1) is 22.4. The zero-order valence-electron chi connectivity index (χ0n) is 28.1. The fraction of sp³-hybridized carbons (Fsp3) is 0.316. The summed E-state index contributed by atoms with van der Waals surface area (Å²) in [5.74, 6) is 0.973. The van der Waals surface area contributed by atoms with Gasteiger partial charge in [0.25, 0.3) is 10.0 Å². The van der Waals surface area contributed by atoms with Crippen molar-refractivity contribution in [1.29, 1.82) is 5.41 Å². The quantitative estimate of drug-likeness (QED) is 0.105. The molecular formula is C38H46N6O2S. The molecule has 0 bridgehead atoms. The number of nitrogen functional groups attached to an aromatic ring is 1. The van der Waals surface area contributed by atoms with Crippen LogP contribution in [0.25, 0.3) is 11.0 Å². The van der Waals surface area contributed by atoms with Crippen molar-refractivity contribution in [1.82, 2.24) is 14.5 Å². The number of likely N-dealkylation sites (N-methyl/N-ethyl adjacent to an activating group) is 1. The molecule has 0 atom stereocenters. The Labute approximate surface area is 279 Å². The number of fused-ring (bicyclic) bond motifs is 1. The average Bonchev–Trinajstić information content (AvgIpc) is 3.40. The van der Waals surface area contributed by atoms with E-state index in [4.69, 9.17) is 16.1 Å². The summed E-state index contributed by atoms with van der Waals surface area (Å²) in [6.07, 6.45) is 1.50. The molecule has 5 aromatic rings. The maximum atomic E-state index is 14.5. The molecule has 3 N–H and O–H groups in total. The van der Waals surface area contributed by atoms with E-state index >= 15 is 0 Å². The third kappa shape index (κ3) is 7.26. The van der Waals surface area contributed by atoms with Crippen LogP contribution in [-0.4, -0.2) is 54.9 Å². The van der Waals surface area contributed by atoms with Gasteiger partial charge in [-0.05, 0) is 66.5 Å². The minimum absolute atomic E-state index is 0.0552. The predicted octanol–water partition coefficient (Wildman–Crippen LogP) is 6.51. The normalized spacial score (nSPS) is 12.1. The van der Waals surface area contributed by atoms with Crippen LogP contribution in [0, 0.1) is 5.41 Å². The molecule has 4 aromatic carbocycles. The van der Waals surface area contributed by atoms with Crippen LogP contribution in [0.5, 0.6) is 0 Å². The number of hydrogen-bond acceptors (Lipinski definition) is 5. The molecule has 0 spiro atoms. The lowest BCUT2D eigenvalue weighted by Crippen LogP contribution is -2.39. The average molecular weight is 651 g/mol. The van der Waals surface area contributed by atoms with Crippen molar-refractivity contribution in [3.63, 3.8) is 0 Å². The molecule has 0 unspecified atom stereocenters. The number of amidine groups is 1. The molecule has 5 rings (SSSR count). The van der Waals surface area contributed by atoms with E-state index in [9.17, 15) is 8.42 Å². The summed E-state index contributed by atoms with van der Waals surface area (Å²) in [5, 5.41) is 7.62. The Morgan fingerprint density at radius 2 is 1.53 bits per heavy atom. The van der Waals surface area contributed by atoms with E-state index in [1.165, 1.54) is 0 Å². The topological polar surface area (TPSA) is 108 Å². The van der Waals surface area contributed by atoms with Gasteiger partial charge in [-0.15, -0.1) is 0 Å². The third-order valence-corrected chi connectivity index (χ3v) is 11.1. The number of sulfonamides is 1. The van der Waals surface area contributed by atoms with Crippen LogP contribution in [0.3, 0.4) is 0 Å². The molecule has 1 heterocycles. The molecule has 0 amide bonds. The van der Waals surface area contributed by atoms with Gasteiger partial charge in [-0.25, -0.2) is 13.4 Å². The second-order valence-electron chi connectivity index (χ2n) is 12.5. The van der Waals surface area contributed by atoms with E-state index in [1.54, 1.807) is 10.4 Å². The molecule has 0 saturated heterocycles. The van der Waals surface area contributed by atoms with Crippen LogP contribution >= 0.6 is 0 Å². The van der Waals surface area contributed by atoms with Gasteiger partial charge < -0.3 is 15.2 Å². The lowest BCUT2D eigenvalue weighted by Gasteiger charge is -2.29. The molecule has 0 radical (unpaired) electrons. The first kappa shape index (κ1) is 33.9. The standard InChI is InChI=1S/C38H46N6O2S/c1-6-43(7-2)24-25-44(47(45,46)33-15-11-14-31(26-33)38(3,4)30-12-9-8-10-13-30)32-21-22-35-34(27-32)41-36(42(35)5)23-18-28-16-19-29(20-17-28)37(39)40/h8-17,19-22,26-27H,6-7,18,23-25H2,1-5H3,(H3,39,40). The molecule has 9 heteroatoms. The summed E-state index contributed by atoms with van der Waals surface area (Å²) in [7, 11) is -1.91. The predicted molar refractivity (Wildman–Crippen MR) is 193 cm³/mol. The summed E-state index contributed by atoms with van der Waals surface area (Å²) < 4.78 is 32.7. The van der Waals surface area contributed by atoms with E-state index in [1.807, 2.05) is 85.9 Å². The largest absolute Gasteiger partial charge is 0.384 e. The maximum Gasteiger partial charge on any atom is 0.264 e. The lowest BCUT2D eigenvalue weighted by atomic mass is 9.78. The number of nitrogens with one attached hydrogen (secondary N) is 1. The van der Waals surface area contributed by atoms with Gasteiger partial charge in [0.05, 0.1) is 21.6 Å². The monoisotopic (exact) mass is 650 g/mol. The molecule has 47 heavy (non-hydrogen) atoms. The summed E-state index contributed by atoms with van der Waals surface area (Å²) in [4.78, 5) is 7.46. The Hall–Kier alpha value is -4.47. The zero-order valence-corrected chi connectivity index (χ0v) is 28.9. The van der Waals surface area contributed by atoms with Crippen molar-refractivity contribution in [3.05, 3.63) is 125 Å². The fourth-order valence-corrected chi connectivity index (χ4v) is 7.57. The molecule has 0 fully saturated rings. The van der Waals surface area contributed by atoms with Crippen LogP contribution in [0.1, 0.15) is 55.8 Å². The first-order valence-corrected chi connectivity index (χ1v) is 17.7. The highest BCUT2D eigenvalue weighted by molar-refractivity contribution is 7.92. The van der Waals surface area contributed by atoms with Crippen molar-refractivity contribution in [2.75, 3.05) is 30.5 Å². The van der Waals surface area contributed by atoms with Crippen molar-refractivity contribution in [2.45, 2.75) is 50.8 Å². The van der Waals surface area contributed by atoms with Gasteiger partial charge in [-0.1, -0.05) is 94.4 Å². The number of anilines is 1. The number of hydrogen-bond donors (Lipinski definition) is 2. The molecular weight excluding hydrogens is 605 g/mol. The zero-order chi connectivity index (χ0) is 33.8. The van der Waals surface area contributed by atoms with Crippen LogP contribution in [0.4, 0.5) is 5.69 Å². The minimum Gasteiger partial charge on any atom is -0.384 e. The van der Waals surface area contributed by atoms with Crippen molar-refractivity contribution < 1.29 is 8.42 Å². The highest BCUT2D eigenvalue weighted by Crippen LogP contribution is 2.34. The SMILES string of the molecule is CCN(CC)CCN(c1ccc2c(c1)nc(CCc1ccc(C(=N)N)cc1)n2C)S(=O)(=O)c1cccc(C(C)(C)c2ccccc2)c1. The lowest BCUT2D eigenvalue weighted by molar-refractivity contribution is 0.313. The molecule has 8 nitrogen and oxygen atoms in total. The maximum absolute atomic E-state index is 14.5. The summed E-state index contributed by atoms with van der Waals surface area (Å²) in [5.41, 5.74) is 11.4. The minimum atomic E-state index is -3.91. The summed E-state index contributed by atoms with van der Waals surface area (Å²) >= 11 is 0. The fourth-order valence-electron chi connectivity index (χ4n) is 6.08. The Morgan fingerprint density at radius 3 is 2.19 bits per heavy atom. The first-order valence-electron chi connectivity index (χ1n) is 16.3. The molecule has 0 aliphatic carbocycles. The number of rotatable bonds is 14. The van der Waals surface area contributed by atoms with Gasteiger partial charge >= 0.3 is 0 Å². The van der Waals surface area contributed by atoms with E-state index in [0.717, 1.165) is 53.1 Å². The molecule has 0 aliphatic heterocycles. The van der Waals surface area contributed by atoms with Crippen LogP contribution in [0.2, 0.25) is 0 Å². The molecule has 1 aromatic heterocycles. The number of nitrogens with zero attached hydrogens (tertiary/aromatic N) is 4. The second kappa shape index (κ2) is 14.1. The Bertz CT molecular complexity index is 1950. The second-order valence-corrected chi connectivity index (χ2v) is 14.4. The van der Waals surface area contributed by atoms with E-state index < -0.39 is 10.0 Å². The van der Waals surface area contributed by atoms with Crippen LogP contribution < -0.4 is 10.0 Å². The highest BCUT2D eigenvalue weighted by Gasteiger charge is 2.29. The van der Waals surface area contributed by atoms with Gasteiger partial charge in [0.1, 0.15) is 11.7 Å². The summed E-state index contributed by atoms with van der Waals surface area (Å²) in [6, 6.07) is 31.0. The third-order valence-electron chi connectivity index (χ3n) is 9.30. The van der Waals surface area contributed by atoms with Crippen molar-refractivity contribution in [2.24, 2.45) is 12.8 Å². The van der Waals surface area contributed by atoms with Crippen molar-refractivity contribution >= 4 is 32.6 Å². The number of nitrogens with two attached hydrogens (primary N) is 1. The number of benzene rings is 4. The molecule has 246 valence electrons. The smallest absolute Gasteiger partial charge is 0.264 e. The molecule has 0 aliphatic rings. The highest BCUT2D eigenvalue weighted by atomic mass is 32.2. The van der Waals surface area contributed by atoms with E-state index in [2.05, 4.69) is 49.3 Å². The van der Waals surface area contributed by atoms with Gasteiger partial charge in [0.15, 0.2) is 0 Å². The Balaban J connectivity index is 1.48.